The highest BCUT2D eigenvalue weighted by atomic mass is 31.2. The molecular weight excluding hydrogens is 517 g/mol. The van der Waals surface area contributed by atoms with Crippen LogP contribution in [0.5, 0.6) is 0 Å². The van der Waals surface area contributed by atoms with Crippen LogP contribution < -0.4 is 5.73 Å². The van der Waals surface area contributed by atoms with E-state index in [4.69, 9.17) is 14.8 Å². The number of rotatable bonds is 30. The van der Waals surface area contributed by atoms with Crippen LogP contribution >= 0.6 is 7.82 Å². The lowest BCUT2D eigenvalue weighted by Crippen LogP contribution is -1.99. The molecule has 0 heterocycles. The van der Waals surface area contributed by atoms with E-state index in [0.717, 1.165) is 45.1 Å². The molecule has 0 radical (unpaired) electrons. The van der Waals surface area contributed by atoms with Crippen LogP contribution in [0.1, 0.15) is 189 Å². The van der Waals surface area contributed by atoms with Gasteiger partial charge in [0.25, 0.3) is 0 Å². The lowest BCUT2D eigenvalue weighted by atomic mass is 10.0. The highest BCUT2D eigenvalue weighted by Gasteiger charge is 2.19. The van der Waals surface area contributed by atoms with Gasteiger partial charge in [0.2, 0.25) is 0 Å². The molecule has 3 N–H and O–H groups in total. The number of unbranched alkanes of at least 4 members (excludes halogenated alkanes) is 19. The average molecular weight is 592 g/mol. The molecule has 0 amide bonds. The van der Waals surface area contributed by atoms with Crippen LogP contribution in [0.2, 0.25) is 0 Å². The third kappa shape index (κ3) is 40.2. The van der Waals surface area contributed by atoms with E-state index in [1.54, 1.807) is 0 Å². The van der Waals surface area contributed by atoms with Crippen molar-refractivity contribution >= 4 is 7.82 Å². The zero-order chi connectivity index (χ0) is 30.2. The van der Waals surface area contributed by atoms with Gasteiger partial charge in [-0.05, 0) is 37.6 Å². The molecule has 0 aromatic heterocycles. The second kappa shape index (κ2) is 33.6. The van der Waals surface area contributed by atoms with E-state index in [9.17, 15) is 9.46 Å². The maximum Gasteiger partial charge on any atom is 0.472 e. The molecule has 0 aliphatic heterocycles. The van der Waals surface area contributed by atoms with E-state index < -0.39 is 7.82 Å². The zero-order valence-corrected chi connectivity index (χ0v) is 28.8. The first kappa shape index (κ1) is 42.2. The van der Waals surface area contributed by atoms with Crippen LogP contribution in [-0.2, 0) is 13.6 Å². The summed E-state index contributed by atoms with van der Waals surface area (Å²) in [6, 6.07) is 0. The number of phosphoric ester groups is 1. The minimum atomic E-state index is -3.83. The summed E-state index contributed by atoms with van der Waals surface area (Å²) in [5.74, 6) is 1.43. The van der Waals surface area contributed by atoms with Crippen LogP contribution in [0.3, 0.4) is 0 Å². The molecule has 0 aliphatic rings. The van der Waals surface area contributed by atoms with E-state index in [1.165, 1.54) is 116 Å². The van der Waals surface area contributed by atoms with Gasteiger partial charge in [0.05, 0.1) is 13.2 Å². The Hall–Kier alpha value is 0.0700. The topological polar surface area (TPSA) is 81.8 Å². The predicted octanol–water partition coefficient (Wildman–Crippen LogP) is 11.8. The second-order valence-corrected chi connectivity index (χ2v) is 14.2. The molecule has 40 heavy (non-hydrogen) atoms. The Labute approximate surface area is 252 Å². The Morgan fingerprint density at radius 2 is 0.825 bits per heavy atom. The van der Waals surface area contributed by atoms with E-state index in [1.807, 2.05) is 0 Å². The first-order valence-electron chi connectivity index (χ1n) is 17.6. The first-order valence-corrected chi connectivity index (χ1v) is 19.1. The molecule has 0 fully saturated rings. The average Bonchev–Trinajstić information content (AvgIpc) is 2.90. The summed E-state index contributed by atoms with van der Waals surface area (Å²) < 4.78 is 21.5. The van der Waals surface area contributed by atoms with Crippen molar-refractivity contribution in [1.29, 1.82) is 0 Å². The Morgan fingerprint density at radius 1 is 0.525 bits per heavy atom. The Kier molecular flexibility index (Phi) is 35.4. The van der Waals surface area contributed by atoms with Crippen molar-refractivity contribution in [2.24, 2.45) is 17.6 Å². The minimum Gasteiger partial charge on any atom is -0.330 e. The fraction of sp³-hybridized carbons (Fsp3) is 1.00. The molecule has 0 saturated heterocycles. The quantitative estimate of drug-likeness (QED) is 0.0641. The summed E-state index contributed by atoms with van der Waals surface area (Å²) in [4.78, 5) is 9.52. The van der Waals surface area contributed by atoms with Crippen LogP contribution in [0.4, 0.5) is 0 Å². The van der Waals surface area contributed by atoms with Crippen LogP contribution in [0, 0.1) is 11.8 Å². The van der Waals surface area contributed by atoms with Crippen molar-refractivity contribution < 1.29 is 18.5 Å². The van der Waals surface area contributed by atoms with Gasteiger partial charge in [0.1, 0.15) is 0 Å². The lowest BCUT2D eigenvalue weighted by molar-refractivity contribution is 0.145. The van der Waals surface area contributed by atoms with Gasteiger partial charge in [-0.2, -0.15) is 0 Å². The third-order valence-corrected chi connectivity index (χ3v) is 8.44. The van der Waals surface area contributed by atoms with Gasteiger partial charge in [-0.15, -0.1) is 0 Å². The number of hydrogen-bond acceptors (Lipinski definition) is 4. The normalized spacial score (nSPS) is 11.8. The zero-order valence-electron chi connectivity index (χ0n) is 27.9. The minimum absolute atomic E-state index is 0.305. The highest BCUT2D eigenvalue weighted by Crippen LogP contribution is 2.43. The maximum atomic E-state index is 11.6. The van der Waals surface area contributed by atoms with Crippen LogP contribution in [0.15, 0.2) is 0 Å². The third-order valence-electron chi connectivity index (χ3n) is 7.42. The van der Waals surface area contributed by atoms with Crippen molar-refractivity contribution in [3.63, 3.8) is 0 Å². The first-order chi connectivity index (χ1) is 19.2. The SMILES string of the molecule is CC(C)CCCCCOP(=O)(O)OCCCCCC(C)C.CCCCCCCCCCCCCCCCCCN. The van der Waals surface area contributed by atoms with Gasteiger partial charge in [-0.25, -0.2) is 4.57 Å². The molecule has 0 bridgehead atoms. The molecule has 0 aliphatic carbocycles. The Morgan fingerprint density at radius 3 is 1.12 bits per heavy atom. The molecule has 244 valence electrons. The van der Waals surface area contributed by atoms with Crippen molar-refractivity contribution in [3.05, 3.63) is 0 Å². The fourth-order valence-corrected chi connectivity index (χ4v) is 5.55. The summed E-state index contributed by atoms with van der Waals surface area (Å²) in [5, 5.41) is 0. The molecule has 5 nitrogen and oxygen atoms in total. The van der Waals surface area contributed by atoms with E-state index in [0.29, 0.717) is 25.0 Å². The highest BCUT2D eigenvalue weighted by molar-refractivity contribution is 7.47. The largest absolute Gasteiger partial charge is 0.472 e. The predicted molar refractivity (Wildman–Crippen MR) is 177 cm³/mol. The molecule has 0 aromatic carbocycles. The van der Waals surface area contributed by atoms with Crippen molar-refractivity contribution in [2.45, 2.75) is 189 Å². The van der Waals surface area contributed by atoms with Crippen molar-refractivity contribution in [1.82, 2.24) is 0 Å². The Bertz CT molecular complexity index is 476. The van der Waals surface area contributed by atoms with E-state index in [-0.39, 0.29) is 0 Å². The summed E-state index contributed by atoms with van der Waals surface area (Å²) in [6.45, 7) is 12.6. The molecule has 0 rings (SSSR count). The lowest BCUT2D eigenvalue weighted by Gasteiger charge is -2.12. The fourth-order valence-electron chi connectivity index (χ4n) is 4.75. The molecule has 0 saturated carbocycles. The molecule has 0 unspecified atom stereocenters. The molecular formula is C34H74NO4P. The number of phosphoric acid groups is 1. The molecule has 6 heteroatoms. The molecule has 0 aromatic rings. The van der Waals surface area contributed by atoms with Gasteiger partial charge in [0, 0.05) is 0 Å². The van der Waals surface area contributed by atoms with Crippen molar-refractivity contribution in [2.75, 3.05) is 19.8 Å². The summed E-state index contributed by atoms with van der Waals surface area (Å²) >= 11 is 0. The van der Waals surface area contributed by atoms with Gasteiger partial charge in [-0.3, -0.25) is 9.05 Å². The second-order valence-electron chi connectivity index (χ2n) is 12.7. The summed E-state index contributed by atoms with van der Waals surface area (Å²) in [5.41, 5.74) is 5.48. The Balaban J connectivity index is 0. The van der Waals surface area contributed by atoms with Crippen molar-refractivity contribution in [3.8, 4) is 0 Å². The maximum absolute atomic E-state index is 11.6. The van der Waals surface area contributed by atoms with E-state index >= 15 is 0 Å². The van der Waals surface area contributed by atoms with Gasteiger partial charge < -0.3 is 10.6 Å². The molecule has 0 atom stereocenters. The standard InChI is InChI=1S/C18H39N.C16H35O4P/c1-2-3-4-5-6-7-8-9-10-11-12-13-14-15-16-17-18-19;1-15(2)11-7-5-9-13-19-21(17,18)20-14-10-6-8-12-16(3)4/h2-19H2,1H3;15-16H,5-14H2,1-4H3,(H,17,18). The van der Waals surface area contributed by atoms with E-state index in [2.05, 4.69) is 34.6 Å². The van der Waals surface area contributed by atoms with Crippen LogP contribution in [0.25, 0.3) is 0 Å². The van der Waals surface area contributed by atoms with Crippen LogP contribution in [-0.4, -0.2) is 24.7 Å². The van der Waals surface area contributed by atoms with Gasteiger partial charge in [-0.1, -0.05) is 169 Å². The summed E-state index contributed by atoms with van der Waals surface area (Å²) in [6.07, 6.45) is 31.2. The van der Waals surface area contributed by atoms with Gasteiger partial charge in [0.15, 0.2) is 0 Å². The smallest absolute Gasteiger partial charge is 0.330 e. The van der Waals surface area contributed by atoms with Gasteiger partial charge >= 0.3 is 7.82 Å². The molecule has 0 spiro atoms. The summed E-state index contributed by atoms with van der Waals surface area (Å²) in [7, 11) is -3.83. The number of nitrogens with two attached hydrogens (primary N) is 1. The number of hydrogen-bond donors (Lipinski definition) is 2. The monoisotopic (exact) mass is 592 g/mol.